The van der Waals surface area contributed by atoms with Gasteiger partial charge in [-0.1, -0.05) is 30.3 Å². The van der Waals surface area contributed by atoms with Crippen LogP contribution in [-0.4, -0.2) is 78.3 Å². The van der Waals surface area contributed by atoms with E-state index in [1.165, 1.54) is 6.07 Å². The Balaban J connectivity index is 1.68. The second-order valence-corrected chi connectivity index (χ2v) is 9.58. The van der Waals surface area contributed by atoms with Crippen molar-refractivity contribution in [3.8, 4) is 0 Å². The summed E-state index contributed by atoms with van der Waals surface area (Å²) in [6, 6.07) is 13.4. The lowest BCUT2D eigenvalue weighted by Gasteiger charge is -2.37. The molecule has 1 atom stereocenters. The van der Waals surface area contributed by atoms with Gasteiger partial charge in [-0.15, -0.1) is 0 Å². The number of carbonyl (C=O) groups excluding carboxylic acids is 2. The van der Waals surface area contributed by atoms with Crippen LogP contribution in [0.4, 0.5) is 25.4 Å². The highest BCUT2D eigenvalue weighted by Gasteiger charge is 2.28. The topological polar surface area (TPSA) is 103 Å². The second kappa shape index (κ2) is 12.0. The standard InChI is InChI=1S/C26H34FN3O6/c1-26(2,3)36-24(33)29-13-11-28(12-14-29)23-10-9-20(15-22(23)27)30(16-21(32)17-31)25(34)35-18-19-7-5-4-6-8-19/h4-10,15,21,31-32H,11-14,16-18H2,1-3H3. The maximum Gasteiger partial charge on any atom is 0.414 e. The van der Waals surface area contributed by atoms with Crippen LogP contribution in [0.3, 0.4) is 0 Å². The van der Waals surface area contributed by atoms with E-state index in [2.05, 4.69) is 0 Å². The molecule has 3 rings (SSSR count). The molecule has 0 bridgehead atoms. The Hall–Kier alpha value is -3.37. The van der Waals surface area contributed by atoms with Gasteiger partial charge in [-0.3, -0.25) is 4.90 Å². The predicted molar refractivity (Wildman–Crippen MR) is 133 cm³/mol. The van der Waals surface area contributed by atoms with E-state index in [-0.39, 0.29) is 18.8 Å². The molecule has 10 heteroatoms. The lowest BCUT2D eigenvalue weighted by molar-refractivity contribution is 0.0240. The first-order valence-corrected chi connectivity index (χ1v) is 11.9. The number of benzene rings is 2. The number of carbonyl (C=O) groups is 2. The Morgan fingerprint density at radius 3 is 2.33 bits per heavy atom. The van der Waals surface area contributed by atoms with Gasteiger partial charge in [0.2, 0.25) is 0 Å². The van der Waals surface area contributed by atoms with E-state index < -0.39 is 36.3 Å². The molecular weight excluding hydrogens is 469 g/mol. The molecule has 9 nitrogen and oxygen atoms in total. The number of piperazine rings is 1. The molecule has 1 aliphatic heterocycles. The van der Waals surface area contributed by atoms with Crippen molar-refractivity contribution >= 4 is 23.6 Å². The lowest BCUT2D eigenvalue weighted by atomic mass is 10.2. The molecule has 1 saturated heterocycles. The van der Waals surface area contributed by atoms with Gasteiger partial charge in [-0.05, 0) is 44.5 Å². The number of amides is 2. The summed E-state index contributed by atoms with van der Waals surface area (Å²) >= 11 is 0. The van der Waals surface area contributed by atoms with Crippen LogP contribution in [-0.2, 0) is 16.1 Å². The highest BCUT2D eigenvalue weighted by molar-refractivity contribution is 5.88. The minimum absolute atomic E-state index is 0.00782. The normalized spacial score (nSPS) is 14.8. The molecule has 0 saturated carbocycles. The molecule has 0 radical (unpaired) electrons. The molecule has 2 aromatic carbocycles. The summed E-state index contributed by atoms with van der Waals surface area (Å²) in [6.07, 6.45) is -2.40. The van der Waals surface area contributed by atoms with Gasteiger partial charge in [0.15, 0.2) is 0 Å². The number of nitrogens with zero attached hydrogens (tertiary/aromatic N) is 3. The van der Waals surface area contributed by atoms with Crippen LogP contribution >= 0.6 is 0 Å². The number of aliphatic hydroxyl groups is 2. The zero-order chi connectivity index (χ0) is 26.3. The Morgan fingerprint density at radius 2 is 1.75 bits per heavy atom. The summed E-state index contributed by atoms with van der Waals surface area (Å²) in [7, 11) is 0. The van der Waals surface area contributed by atoms with Crippen molar-refractivity contribution in [1.82, 2.24) is 4.90 Å². The maximum absolute atomic E-state index is 15.2. The maximum atomic E-state index is 15.2. The first-order valence-electron chi connectivity index (χ1n) is 11.9. The van der Waals surface area contributed by atoms with Crippen LogP contribution in [0.15, 0.2) is 48.5 Å². The van der Waals surface area contributed by atoms with Gasteiger partial charge in [-0.25, -0.2) is 14.0 Å². The van der Waals surface area contributed by atoms with Crippen LogP contribution < -0.4 is 9.80 Å². The highest BCUT2D eigenvalue weighted by atomic mass is 19.1. The monoisotopic (exact) mass is 503 g/mol. The third-order valence-electron chi connectivity index (χ3n) is 5.54. The highest BCUT2D eigenvalue weighted by Crippen LogP contribution is 2.27. The molecule has 1 unspecified atom stereocenters. The van der Waals surface area contributed by atoms with Gasteiger partial charge in [0.1, 0.15) is 18.0 Å². The van der Waals surface area contributed by atoms with E-state index in [9.17, 15) is 19.8 Å². The van der Waals surface area contributed by atoms with Crippen LogP contribution in [0, 0.1) is 5.82 Å². The van der Waals surface area contributed by atoms with E-state index in [1.807, 2.05) is 23.1 Å². The molecule has 36 heavy (non-hydrogen) atoms. The summed E-state index contributed by atoms with van der Waals surface area (Å²) in [5, 5.41) is 19.2. The number of rotatable bonds is 7. The summed E-state index contributed by atoms with van der Waals surface area (Å²) in [5.41, 5.74) is 0.714. The van der Waals surface area contributed by atoms with Gasteiger partial charge < -0.3 is 29.5 Å². The molecule has 0 aromatic heterocycles. The van der Waals surface area contributed by atoms with Gasteiger partial charge in [0.25, 0.3) is 0 Å². The fourth-order valence-corrected chi connectivity index (χ4v) is 3.73. The van der Waals surface area contributed by atoms with E-state index in [0.717, 1.165) is 10.5 Å². The summed E-state index contributed by atoms with van der Waals surface area (Å²) in [5.74, 6) is -0.558. The smallest absolute Gasteiger partial charge is 0.414 e. The van der Waals surface area contributed by atoms with E-state index in [4.69, 9.17) is 9.47 Å². The number of ether oxygens (including phenoxy) is 2. The lowest BCUT2D eigenvalue weighted by Crippen LogP contribution is -2.50. The Labute approximate surface area is 210 Å². The van der Waals surface area contributed by atoms with Gasteiger partial charge >= 0.3 is 12.2 Å². The number of anilines is 2. The minimum Gasteiger partial charge on any atom is -0.444 e. The van der Waals surface area contributed by atoms with Crippen LogP contribution in [0.2, 0.25) is 0 Å². The molecule has 0 aliphatic carbocycles. The number of hydrogen-bond acceptors (Lipinski definition) is 7. The molecule has 2 aromatic rings. The van der Waals surface area contributed by atoms with Crippen molar-refractivity contribution < 1.29 is 33.7 Å². The Bertz CT molecular complexity index is 1020. The summed E-state index contributed by atoms with van der Waals surface area (Å²) in [6.45, 7) is 6.20. The average molecular weight is 504 g/mol. The van der Waals surface area contributed by atoms with Crippen molar-refractivity contribution in [2.75, 3.05) is 49.1 Å². The van der Waals surface area contributed by atoms with Crippen molar-refractivity contribution in [3.05, 3.63) is 59.9 Å². The van der Waals surface area contributed by atoms with Gasteiger partial charge in [0, 0.05) is 26.2 Å². The van der Waals surface area contributed by atoms with Gasteiger partial charge in [0.05, 0.1) is 30.6 Å². The second-order valence-electron chi connectivity index (χ2n) is 9.58. The zero-order valence-electron chi connectivity index (χ0n) is 20.9. The van der Waals surface area contributed by atoms with Crippen molar-refractivity contribution in [1.29, 1.82) is 0 Å². The first kappa shape index (κ1) is 27.2. The molecule has 2 amide bonds. The van der Waals surface area contributed by atoms with Gasteiger partial charge in [-0.2, -0.15) is 0 Å². The van der Waals surface area contributed by atoms with Crippen molar-refractivity contribution in [3.63, 3.8) is 0 Å². The van der Waals surface area contributed by atoms with Crippen molar-refractivity contribution in [2.24, 2.45) is 0 Å². The van der Waals surface area contributed by atoms with Crippen LogP contribution in [0.5, 0.6) is 0 Å². The van der Waals surface area contributed by atoms with E-state index >= 15 is 4.39 Å². The predicted octanol–water partition coefficient (Wildman–Crippen LogP) is 3.38. The average Bonchev–Trinajstić information content (AvgIpc) is 2.85. The fourth-order valence-electron chi connectivity index (χ4n) is 3.73. The molecule has 196 valence electrons. The van der Waals surface area contributed by atoms with Crippen molar-refractivity contribution in [2.45, 2.75) is 39.1 Å². The fraction of sp³-hybridized carbons (Fsp3) is 0.462. The summed E-state index contributed by atoms with van der Waals surface area (Å²) in [4.78, 5) is 29.6. The molecule has 0 spiro atoms. The quantitative estimate of drug-likeness (QED) is 0.597. The molecule has 1 heterocycles. The largest absolute Gasteiger partial charge is 0.444 e. The minimum atomic E-state index is -1.22. The third kappa shape index (κ3) is 7.56. The number of halogens is 1. The Morgan fingerprint density at radius 1 is 1.08 bits per heavy atom. The van der Waals surface area contributed by atoms with E-state index in [0.29, 0.717) is 31.9 Å². The number of aliphatic hydroxyl groups excluding tert-OH is 2. The Kier molecular flexibility index (Phi) is 9.11. The molecule has 1 aliphatic rings. The van der Waals surface area contributed by atoms with Crippen LogP contribution in [0.25, 0.3) is 0 Å². The molecular formula is C26H34FN3O6. The zero-order valence-corrected chi connectivity index (χ0v) is 20.9. The molecule has 2 N–H and O–H groups in total. The first-order chi connectivity index (χ1) is 17.1. The van der Waals surface area contributed by atoms with E-state index in [1.54, 1.807) is 49.9 Å². The molecule has 1 fully saturated rings. The van der Waals surface area contributed by atoms with Crippen LogP contribution in [0.1, 0.15) is 26.3 Å². The third-order valence-corrected chi connectivity index (χ3v) is 5.54. The summed E-state index contributed by atoms with van der Waals surface area (Å²) < 4.78 is 25.9. The number of hydrogen-bond donors (Lipinski definition) is 2. The SMILES string of the molecule is CC(C)(C)OC(=O)N1CCN(c2ccc(N(CC(O)CO)C(=O)OCc3ccccc3)cc2F)CC1.